The molecule has 0 saturated carbocycles. The Morgan fingerprint density at radius 1 is 1.17 bits per heavy atom. The van der Waals surface area contributed by atoms with E-state index in [4.69, 9.17) is 14.2 Å². The normalized spacial score (nSPS) is 12.4. The SMILES string of the molecule is CCOc1ccc2cc(C#N)c(SCC(=O)c3ccc4c(c3)OCCO4)nc2c1. The predicted molar refractivity (Wildman–Crippen MR) is 110 cm³/mol. The second-order valence-corrected chi connectivity index (χ2v) is 7.27. The second-order valence-electron chi connectivity index (χ2n) is 6.31. The molecule has 2 aromatic carbocycles. The summed E-state index contributed by atoms with van der Waals surface area (Å²) < 4.78 is 16.6. The maximum atomic E-state index is 12.7. The van der Waals surface area contributed by atoms with E-state index in [-0.39, 0.29) is 11.5 Å². The van der Waals surface area contributed by atoms with Gasteiger partial charge in [-0.1, -0.05) is 11.8 Å². The van der Waals surface area contributed by atoms with Crippen molar-refractivity contribution in [1.82, 2.24) is 4.98 Å². The summed E-state index contributed by atoms with van der Waals surface area (Å²) in [5, 5.41) is 10.9. The van der Waals surface area contributed by atoms with Gasteiger partial charge in [-0.25, -0.2) is 4.98 Å². The number of fused-ring (bicyclic) bond motifs is 2. The molecule has 3 aromatic rings. The second kappa shape index (κ2) is 8.41. The molecule has 1 aliphatic heterocycles. The lowest BCUT2D eigenvalue weighted by Gasteiger charge is -2.18. The number of ketones is 1. The van der Waals surface area contributed by atoms with Crippen molar-refractivity contribution < 1.29 is 19.0 Å². The number of ether oxygens (including phenoxy) is 3. The molecule has 146 valence electrons. The van der Waals surface area contributed by atoms with Gasteiger partial charge in [-0.2, -0.15) is 5.26 Å². The summed E-state index contributed by atoms with van der Waals surface area (Å²) in [5.41, 5.74) is 1.71. The van der Waals surface area contributed by atoms with Crippen molar-refractivity contribution >= 4 is 28.4 Å². The molecule has 4 rings (SSSR count). The van der Waals surface area contributed by atoms with Crippen molar-refractivity contribution in [1.29, 1.82) is 5.26 Å². The Kier molecular flexibility index (Phi) is 5.54. The van der Waals surface area contributed by atoms with Gasteiger partial charge in [-0.3, -0.25) is 4.79 Å². The lowest BCUT2D eigenvalue weighted by atomic mass is 10.1. The first-order valence-electron chi connectivity index (χ1n) is 9.21. The summed E-state index contributed by atoms with van der Waals surface area (Å²) in [6.07, 6.45) is 0. The van der Waals surface area contributed by atoms with Crippen LogP contribution in [0.1, 0.15) is 22.8 Å². The van der Waals surface area contributed by atoms with Crippen LogP contribution in [-0.4, -0.2) is 36.3 Å². The highest BCUT2D eigenvalue weighted by Gasteiger charge is 2.16. The Morgan fingerprint density at radius 2 is 2.00 bits per heavy atom. The molecule has 6 nitrogen and oxygen atoms in total. The zero-order valence-electron chi connectivity index (χ0n) is 15.8. The first-order chi connectivity index (χ1) is 14.2. The summed E-state index contributed by atoms with van der Waals surface area (Å²) in [6.45, 7) is 3.45. The Bertz CT molecular complexity index is 1120. The van der Waals surface area contributed by atoms with Gasteiger partial charge >= 0.3 is 0 Å². The number of benzene rings is 2. The minimum atomic E-state index is -0.0687. The highest BCUT2D eigenvalue weighted by molar-refractivity contribution is 8.00. The number of Topliss-reactive ketones (excluding diaryl/α,β-unsaturated/α-hetero) is 1. The lowest BCUT2D eigenvalue weighted by Crippen LogP contribution is -2.16. The summed E-state index contributed by atoms with van der Waals surface area (Å²) in [7, 11) is 0. The number of thioether (sulfide) groups is 1. The lowest BCUT2D eigenvalue weighted by molar-refractivity contribution is 0.102. The average Bonchev–Trinajstić information content (AvgIpc) is 2.76. The number of carbonyl (C=O) groups is 1. The van der Waals surface area contributed by atoms with Crippen LogP contribution in [0, 0.1) is 11.3 Å². The number of pyridine rings is 1. The van der Waals surface area contributed by atoms with Crippen LogP contribution >= 0.6 is 11.8 Å². The third kappa shape index (κ3) is 4.13. The number of nitriles is 1. The van der Waals surface area contributed by atoms with E-state index in [0.29, 0.717) is 47.5 Å². The molecule has 0 bridgehead atoms. The number of aromatic nitrogens is 1. The zero-order valence-corrected chi connectivity index (χ0v) is 16.6. The molecular formula is C22H18N2O4S. The smallest absolute Gasteiger partial charge is 0.173 e. The molecule has 0 amide bonds. The zero-order chi connectivity index (χ0) is 20.2. The highest BCUT2D eigenvalue weighted by Crippen LogP contribution is 2.32. The van der Waals surface area contributed by atoms with E-state index in [1.54, 1.807) is 24.3 Å². The molecule has 29 heavy (non-hydrogen) atoms. The Balaban J connectivity index is 1.55. The van der Waals surface area contributed by atoms with E-state index in [1.165, 1.54) is 11.8 Å². The molecule has 0 aliphatic carbocycles. The molecule has 1 aliphatic rings. The summed E-state index contributed by atoms with van der Waals surface area (Å²) in [6, 6.07) is 14.7. The number of hydrogen-bond acceptors (Lipinski definition) is 7. The third-order valence-corrected chi connectivity index (χ3v) is 5.38. The van der Waals surface area contributed by atoms with Crippen molar-refractivity contribution in [2.75, 3.05) is 25.6 Å². The molecule has 0 spiro atoms. The van der Waals surface area contributed by atoms with Crippen molar-refractivity contribution in [3.05, 3.63) is 53.6 Å². The molecular weight excluding hydrogens is 388 g/mol. The van der Waals surface area contributed by atoms with Crippen LogP contribution in [0.5, 0.6) is 17.2 Å². The topological polar surface area (TPSA) is 81.4 Å². The van der Waals surface area contributed by atoms with Crippen molar-refractivity contribution in [2.45, 2.75) is 11.9 Å². The van der Waals surface area contributed by atoms with Gasteiger partial charge in [0, 0.05) is 17.0 Å². The van der Waals surface area contributed by atoms with Crippen molar-refractivity contribution in [3.63, 3.8) is 0 Å². The molecule has 0 radical (unpaired) electrons. The molecule has 0 N–H and O–H groups in total. The van der Waals surface area contributed by atoms with E-state index in [9.17, 15) is 10.1 Å². The fourth-order valence-electron chi connectivity index (χ4n) is 3.01. The molecule has 7 heteroatoms. The van der Waals surface area contributed by atoms with Crippen LogP contribution in [0.3, 0.4) is 0 Å². The maximum Gasteiger partial charge on any atom is 0.173 e. The van der Waals surface area contributed by atoms with E-state index < -0.39 is 0 Å². The fourth-order valence-corrected chi connectivity index (χ4v) is 3.87. The largest absolute Gasteiger partial charge is 0.494 e. The number of hydrogen-bond donors (Lipinski definition) is 0. The van der Waals surface area contributed by atoms with E-state index in [2.05, 4.69) is 11.1 Å². The van der Waals surface area contributed by atoms with Gasteiger partial charge < -0.3 is 14.2 Å². The Morgan fingerprint density at radius 3 is 2.79 bits per heavy atom. The van der Waals surface area contributed by atoms with Crippen LogP contribution < -0.4 is 14.2 Å². The predicted octanol–water partition coefficient (Wildman–Crippen LogP) is 4.25. The molecule has 2 heterocycles. The minimum Gasteiger partial charge on any atom is -0.494 e. The molecule has 0 fully saturated rings. The molecule has 0 saturated heterocycles. The first kappa shape index (κ1) is 19.1. The quantitative estimate of drug-likeness (QED) is 0.447. The third-order valence-electron chi connectivity index (χ3n) is 4.39. The van der Waals surface area contributed by atoms with Crippen LogP contribution in [-0.2, 0) is 0 Å². The van der Waals surface area contributed by atoms with Gasteiger partial charge in [0.1, 0.15) is 30.1 Å². The maximum absolute atomic E-state index is 12.7. The fraction of sp³-hybridized carbons (Fsp3) is 0.227. The molecule has 1 aromatic heterocycles. The Labute approximate surface area is 172 Å². The highest BCUT2D eigenvalue weighted by atomic mass is 32.2. The number of nitrogens with zero attached hydrogens (tertiary/aromatic N) is 2. The van der Waals surface area contributed by atoms with Crippen LogP contribution in [0.2, 0.25) is 0 Å². The van der Waals surface area contributed by atoms with Gasteiger partial charge in [-0.15, -0.1) is 0 Å². The minimum absolute atomic E-state index is 0.0687. The summed E-state index contributed by atoms with van der Waals surface area (Å²) in [4.78, 5) is 17.2. The summed E-state index contributed by atoms with van der Waals surface area (Å²) in [5.74, 6) is 2.05. The van der Waals surface area contributed by atoms with Gasteiger partial charge in [0.2, 0.25) is 0 Å². The van der Waals surface area contributed by atoms with Gasteiger partial charge in [-0.05, 0) is 43.3 Å². The van der Waals surface area contributed by atoms with Gasteiger partial charge in [0.25, 0.3) is 0 Å². The Hall–Kier alpha value is -3.24. The molecule has 0 unspecified atom stereocenters. The molecule has 0 atom stereocenters. The van der Waals surface area contributed by atoms with Gasteiger partial charge in [0.15, 0.2) is 17.3 Å². The van der Waals surface area contributed by atoms with Crippen LogP contribution in [0.15, 0.2) is 47.5 Å². The number of carbonyl (C=O) groups excluding carboxylic acids is 1. The van der Waals surface area contributed by atoms with Gasteiger partial charge in [0.05, 0.1) is 23.4 Å². The van der Waals surface area contributed by atoms with Crippen molar-refractivity contribution in [2.24, 2.45) is 0 Å². The first-order valence-corrected chi connectivity index (χ1v) is 10.2. The van der Waals surface area contributed by atoms with Crippen molar-refractivity contribution in [3.8, 4) is 23.3 Å². The van der Waals surface area contributed by atoms with E-state index in [1.807, 2.05) is 25.1 Å². The van der Waals surface area contributed by atoms with E-state index >= 15 is 0 Å². The van der Waals surface area contributed by atoms with Crippen LogP contribution in [0.4, 0.5) is 0 Å². The standard InChI is InChI=1S/C22H18N2O4S/c1-2-26-17-5-3-14-9-16(12-23)22(24-18(14)11-17)29-13-19(25)15-4-6-20-21(10-15)28-8-7-27-20/h3-6,9-11H,2,7-8,13H2,1H3. The average molecular weight is 406 g/mol. The summed E-state index contributed by atoms with van der Waals surface area (Å²) >= 11 is 1.25. The van der Waals surface area contributed by atoms with E-state index in [0.717, 1.165) is 16.7 Å². The van der Waals surface area contributed by atoms with Crippen LogP contribution in [0.25, 0.3) is 10.9 Å². The monoisotopic (exact) mass is 406 g/mol. The number of rotatable bonds is 6.